The van der Waals surface area contributed by atoms with E-state index < -0.39 is 0 Å². The van der Waals surface area contributed by atoms with E-state index in [-0.39, 0.29) is 16.4 Å². The van der Waals surface area contributed by atoms with Crippen LogP contribution in [0.15, 0.2) is 35.6 Å². The molecule has 66 valence electrons. The molecule has 3 heteroatoms. The minimum Gasteiger partial charge on any atom is -0.495 e. The number of allylic oxidation sites excluding steroid dienone is 3. The van der Waals surface area contributed by atoms with E-state index in [4.69, 9.17) is 16.3 Å². The van der Waals surface area contributed by atoms with Crippen molar-refractivity contribution in [1.82, 2.24) is 0 Å². The summed E-state index contributed by atoms with van der Waals surface area (Å²) >= 11 is 5.76. The number of methoxy groups -OCH3 is 1. The van der Waals surface area contributed by atoms with Crippen molar-refractivity contribution >= 4 is 17.4 Å². The van der Waals surface area contributed by atoms with Gasteiger partial charge in [0.15, 0.2) is 5.78 Å². The Labute approximate surface area is 77.2 Å². The quantitative estimate of drug-likeness (QED) is 0.383. The van der Waals surface area contributed by atoms with Gasteiger partial charge in [-0.1, -0.05) is 24.8 Å². The van der Waals surface area contributed by atoms with Crippen LogP contribution in [0, 0.1) is 0 Å². The molecule has 0 aliphatic carbocycles. The van der Waals surface area contributed by atoms with E-state index >= 15 is 0 Å². The lowest BCUT2D eigenvalue weighted by Crippen LogP contribution is -1.98. The first-order chi connectivity index (χ1) is 5.54. The van der Waals surface area contributed by atoms with Gasteiger partial charge in [-0.3, -0.25) is 4.79 Å². The highest BCUT2D eigenvalue weighted by Gasteiger charge is 2.09. The molecule has 0 radical (unpaired) electrons. The molecule has 0 unspecified atom stereocenters. The number of halogens is 1. The number of hydrogen-bond acceptors (Lipinski definition) is 2. The van der Waals surface area contributed by atoms with Gasteiger partial charge in [0.25, 0.3) is 0 Å². The monoisotopic (exact) mass is 186 g/mol. The predicted molar refractivity (Wildman–Crippen MR) is 49.9 cm³/mol. The lowest BCUT2D eigenvalue weighted by atomic mass is 10.2. The number of hydrogen-bond donors (Lipinski definition) is 0. The molecule has 0 aromatic carbocycles. The molecule has 0 atom stereocenters. The lowest BCUT2D eigenvalue weighted by molar-refractivity contribution is -0.113. The minimum absolute atomic E-state index is 0.184. The highest BCUT2D eigenvalue weighted by atomic mass is 35.5. The van der Waals surface area contributed by atoms with Crippen molar-refractivity contribution in [3.05, 3.63) is 35.6 Å². The molecule has 0 amide bonds. The molecule has 0 fully saturated rings. The van der Waals surface area contributed by atoms with E-state index in [0.29, 0.717) is 5.76 Å². The van der Waals surface area contributed by atoms with Crippen molar-refractivity contribution < 1.29 is 9.53 Å². The van der Waals surface area contributed by atoms with Gasteiger partial charge in [-0.25, -0.2) is 0 Å². The number of ketones is 1. The maximum Gasteiger partial charge on any atom is 0.160 e. The van der Waals surface area contributed by atoms with Gasteiger partial charge in [-0.05, 0) is 13.0 Å². The fourth-order valence-corrected chi connectivity index (χ4v) is 0.853. The largest absolute Gasteiger partial charge is 0.495 e. The Bertz CT molecular complexity index is 251. The third-order valence-corrected chi connectivity index (χ3v) is 1.73. The SMILES string of the molecule is C=CC(OC)=C(Cl)C(=C)C(C)=O. The first kappa shape index (κ1) is 11.0. The molecule has 0 rings (SSSR count). The van der Waals surface area contributed by atoms with Gasteiger partial charge in [0, 0.05) is 5.57 Å². The van der Waals surface area contributed by atoms with Crippen molar-refractivity contribution in [2.75, 3.05) is 7.11 Å². The molecular weight excluding hydrogens is 176 g/mol. The number of Topliss-reactive ketones (excluding diaryl/α,β-unsaturated/α-hetero) is 1. The molecule has 0 heterocycles. The average molecular weight is 187 g/mol. The molecule has 0 aliphatic rings. The van der Waals surface area contributed by atoms with E-state index in [9.17, 15) is 4.79 Å². The van der Waals surface area contributed by atoms with Gasteiger partial charge < -0.3 is 4.74 Å². The smallest absolute Gasteiger partial charge is 0.160 e. The highest BCUT2D eigenvalue weighted by Crippen LogP contribution is 2.19. The maximum absolute atomic E-state index is 10.8. The standard InChI is InChI=1S/C9H11ClO2/c1-5-8(12-4)9(10)6(2)7(3)11/h5H,1-2H2,3-4H3. The van der Waals surface area contributed by atoms with Crippen molar-refractivity contribution in [2.45, 2.75) is 6.92 Å². The molecule has 0 N–H and O–H groups in total. The van der Waals surface area contributed by atoms with Crippen LogP contribution in [0.25, 0.3) is 0 Å². The zero-order valence-electron chi connectivity index (χ0n) is 7.19. The first-order valence-electron chi connectivity index (χ1n) is 3.31. The van der Waals surface area contributed by atoms with Crippen molar-refractivity contribution in [3.63, 3.8) is 0 Å². The Hall–Kier alpha value is -1.02. The molecule has 0 spiro atoms. The van der Waals surface area contributed by atoms with Crippen LogP contribution in [0.1, 0.15) is 6.92 Å². The van der Waals surface area contributed by atoms with Crippen LogP contribution in [0.4, 0.5) is 0 Å². The third-order valence-electron chi connectivity index (χ3n) is 1.31. The molecule has 12 heavy (non-hydrogen) atoms. The summed E-state index contributed by atoms with van der Waals surface area (Å²) in [4.78, 5) is 10.8. The zero-order valence-corrected chi connectivity index (χ0v) is 7.94. The average Bonchev–Trinajstić information content (AvgIpc) is 2.05. The summed E-state index contributed by atoms with van der Waals surface area (Å²) in [6, 6.07) is 0. The minimum atomic E-state index is -0.184. The summed E-state index contributed by atoms with van der Waals surface area (Å²) in [6.45, 7) is 8.37. The van der Waals surface area contributed by atoms with Gasteiger partial charge in [0.1, 0.15) is 5.76 Å². The fourth-order valence-electron chi connectivity index (χ4n) is 0.566. The third kappa shape index (κ3) is 2.55. The summed E-state index contributed by atoms with van der Waals surface area (Å²) in [7, 11) is 1.45. The van der Waals surface area contributed by atoms with E-state index in [1.807, 2.05) is 0 Å². The number of carbonyl (C=O) groups is 1. The Morgan fingerprint density at radius 1 is 1.58 bits per heavy atom. The summed E-state index contributed by atoms with van der Waals surface area (Å²) < 4.78 is 4.85. The van der Waals surface area contributed by atoms with Crippen LogP contribution >= 0.6 is 11.6 Å². The second-order valence-electron chi connectivity index (χ2n) is 2.12. The van der Waals surface area contributed by atoms with Gasteiger partial charge >= 0.3 is 0 Å². The summed E-state index contributed by atoms with van der Waals surface area (Å²) in [5.41, 5.74) is 0.230. The van der Waals surface area contributed by atoms with Crippen molar-refractivity contribution in [2.24, 2.45) is 0 Å². The maximum atomic E-state index is 10.8. The number of rotatable bonds is 4. The Morgan fingerprint density at radius 2 is 2.08 bits per heavy atom. The summed E-state index contributed by atoms with van der Waals surface area (Å²) in [6.07, 6.45) is 1.43. The predicted octanol–water partition coefficient (Wildman–Crippen LogP) is 2.41. The number of ether oxygens (including phenoxy) is 1. The zero-order chi connectivity index (χ0) is 9.72. The van der Waals surface area contributed by atoms with Gasteiger partial charge in [0.2, 0.25) is 0 Å². The van der Waals surface area contributed by atoms with Crippen LogP contribution in [0.5, 0.6) is 0 Å². The lowest BCUT2D eigenvalue weighted by Gasteiger charge is -2.04. The molecule has 0 aromatic heterocycles. The van der Waals surface area contributed by atoms with E-state index in [2.05, 4.69) is 13.2 Å². The van der Waals surface area contributed by atoms with Gasteiger partial charge in [-0.15, -0.1) is 0 Å². The van der Waals surface area contributed by atoms with Crippen LogP contribution in [0.3, 0.4) is 0 Å². The molecule has 0 aliphatic heterocycles. The second kappa shape index (κ2) is 4.78. The molecule has 2 nitrogen and oxygen atoms in total. The Morgan fingerprint density at radius 3 is 2.33 bits per heavy atom. The second-order valence-corrected chi connectivity index (χ2v) is 2.50. The molecule has 0 aromatic rings. The Balaban J connectivity index is 4.87. The first-order valence-corrected chi connectivity index (χ1v) is 3.68. The van der Waals surface area contributed by atoms with Gasteiger partial charge in [-0.2, -0.15) is 0 Å². The molecular formula is C9H11ClO2. The van der Waals surface area contributed by atoms with Gasteiger partial charge in [0.05, 0.1) is 12.1 Å². The molecule has 0 saturated heterocycles. The van der Waals surface area contributed by atoms with Crippen molar-refractivity contribution in [1.29, 1.82) is 0 Å². The topological polar surface area (TPSA) is 26.3 Å². The van der Waals surface area contributed by atoms with Crippen LogP contribution < -0.4 is 0 Å². The summed E-state index contributed by atoms with van der Waals surface area (Å²) in [5.74, 6) is 0.174. The molecule has 0 saturated carbocycles. The molecule has 0 bridgehead atoms. The van der Waals surface area contributed by atoms with E-state index in [1.165, 1.54) is 20.1 Å². The van der Waals surface area contributed by atoms with Crippen LogP contribution in [-0.2, 0) is 9.53 Å². The van der Waals surface area contributed by atoms with Crippen LogP contribution in [0.2, 0.25) is 0 Å². The van der Waals surface area contributed by atoms with Crippen LogP contribution in [-0.4, -0.2) is 12.9 Å². The normalized spacial score (nSPS) is 11.6. The van der Waals surface area contributed by atoms with E-state index in [0.717, 1.165) is 0 Å². The number of carbonyl (C=O) groups excluding carboxylic acids is 1. The highest BCUT2D eigenvalue weighted by molar-refractivity contribution is 6.35. The van der Waals surface area contributed by atoms with E-state index in [1.54, 1.807) is 0 Å². The Kier molecular flexibility index (Phi) is 4.37. The fraction of sp³-hybridized carbons (Fsp3) is 0.222. The van der Waals surface area contributed by atoms with Crippen molar-refractivity contribution in [3.8, 4) is 0 Å². The summed E-state index contributed by atoms with van der Waals surface area (Å²) in [5, 5.41) is 0.208.